The summed E-state index contributed by atoms with van der Waals surface area (Å²) in [6.07, 6.45) is 0. The lowest BCUT2D eigenvalue weighted by Crippen LogP contribution is -2.04. The van der Waals surface area contributed by atoms with Crippen LogP contribution in [0.25, 0.3) is 10.4 Å². The number of halogens is 1. The quantitative estimate of drug-likeness (QED) is 0.731. The highest BCUT2D eigenvalue weighted by Crippen LogP contribution is 2.36. The molecule has 0 aliphatic carbocycles. The number of carbonyl (C=O) groups is 1. The second-order valence-corrected chi connectivity index (χ2v) is 6.47. The molecule has 0 atom stereocenters. The van der Waals surface area contributed by atoms with Crippen LogP contribution in [0.1, 0.15) is 23.5 Å². The average molecular weight is 339 g/mol. The Kier molecular flexibility index (Phi) is 4.42. The molecule has 2 rings (SSSR count). The minimum Gasteiger partial charge on any atom is -0.497 e. The van der Waals surface area contributed by atoms with Crippen LogP contribution in [-0.2, 0) is 0 Å². The van der Waals surface area contributed by atoms with E-state index in [2.05, 4.69) is 15.9 Å². The van der Waals surface area contributed by atoms with E-state index in [1.165, 1.54) is 11.3 Å². The first-order chi connectivity index (χ1) is 9.02. The zero-order valence-electron chi connectivity index (χ0n) is 11.1. The third-order valence-electron chi connectivity index (χ3n) is 2.81. The number of carbonyl (C=O) groups excluding carboxylic acids is 1. The second kappa shape index (κ2) is 5.88. The predicted octanol–water partition coefficient (Wildman–Crippen LogP) is 5.02. The van der Waals surface area contributed by atoms with Gasteiger partial charge in [0, 0.05) is 20.8 Å². The Balaban J connectivity index is 2.40. The summed E-state index contributed by atoms with van der Waals surface area (Å²) in [5.41, 5.74) is 1.05. The lowest BCUT2D eigenvalue weighted by Gasteiger charge is -2.05. The highest BCUT2D eigenvalue weighted by atomic mass is 79.9. The molecule has 0 N–H and O–H groups in total. The fraction of sp³-hybridized carbons (Fsp3) is 0.267. The van der Waals surface area contributed by atoms with Crippen LogP contribution >= 0.6 is 27.3 Å². The number of ketones is 1. The molecule has 0 spiro atoms. The summed E-state index contributed by atoms with van der Waals surface area (Å²) in [4.78, 5) is 13.8. The van der Waals surface area contributed by atoms with E-state index in [1.54, 1.807) is 7.11 Å². The summed E-state index contributed by atoms with van der Waals surface area (Å²) < 4.78 is 6.24. The van der Waals surface area contributed by atoms with Gasteiger partial charge in [-0.05, 0) is 30.3 Å². The first kappa shape index (κ1) is 14.3. The van der Waals surface area contributed by atoms with Gasteiger partial charge in [-0.25, -0.2) is 0 Å². The summed E-state index contributed by atoms with van der Waals surface area (Å²) in [6, 6.07) is 9.72. The van der Waals surface area contributed by atoms with Gasteiger partial charge >= 0.3 is 0 Å². The number of Topliss-reactive ketones (excluding diaryl/α,β-unsaturated/α-hetero) is 1. The van der Waals surface area contributed by atoms with Gasteiger partial charge in [-0.1, -0.05) is 29.8 Å². The van der Waals surface area contributed by atoms with E-state index in [1.807, 2.05) is 44.2 Å². The van der Waals surface area contributed by atoms with Crippen molar-refractivity contribution in [3.05, 3.63) is 39.7 Å². The van der Waals surface area contributed by atoms with E-state index in [9.17, 15) is 4.79 Å². The number of benzene rings is 1. The Morgan fingerprint density at radius 3 is 2.63 bits per heavy atom. The number of ether oxygens (including phenoxy) is 1. The first-order valence-corrected chi connectivity index (χ1v) is 7.62. The van der Waals surface area contributed by atoms with Crippen molar-refractivity contribution in [2.75, 3.05) is 7.11 Å². The maximum absolute atomic E-state index is 12.0. The SMILES string of the molecule is COc1ccc(Br)c(-c2ccc(C(=O)C(C)C)s2)c1. The van der Waals surface area contributed by atoms with Crippen molar-refractivity contribution in [3.63, 3.8) is 0 Å². The standard InChI is InChI=1S/C15H15BrO2S/c1-9(2)15(17)14-7-6-13(19-14)11-8-10(18-3)4-5-12(11)16/h4-9H,1-3H3. The number of thiophene rings is 1. The van der Waals surface area contributed by atoms with Crippen LogP contribution in [0.5, 0.6) is 5.75 Å². The molecule has 1 aromatic heterocycles. The van der Waals surface area contributed by atoms with Crippen molar-refractivity contribution < 1.29 is 9.53 Å². The molecule has 0 aliphatic rings. The van der Waals surface area contributed by atoms with E-state index < -0.39 is 0 Å². The Bertz CT molecular complexity index is 602. The Labute approximate surface area is 125 Å². The molecule has 2 nitrogen and oxygen atoms in total. The van der Waals surface area contributed by atoms with Gasteiger partial charge in [0.25, 0.3) is 0 Å². The maximum Gasteiger partial charge on any atom is 0.175 e. The highest BCUT2D eigenvalue weighted by Gasteiger charge is 2.15. The summed E-state index contributed by atoms with van der Waals surface area (Å²) in [5, 5.41) is 0. The molecule has 100 valence electrons. The minimum absolute atomic E-state index is 0.0280. The molecule has 0 amide bonds. The van der Waals surface area contributed by atoms with Crippen LogP contribution in [0, 0.1) is 5.92 Å². The molecule has 0 radical (unpaired) electrons. The fourth-order valence-corrected chi connectivity index (χ4v) is 3.44. The van der Waals surface area contributed by atoms with Crippen LogP contribution < -0.4 is 4.74 Å². The van der Waals surface area contributed by atoms with Gasteiger partial charge in [0.2, 0.25) is 0 Å². The lowest BCUT2D eigenvalue weighted by molar-refractivity contribution is 0.0943. The molecule has 0 unspecified atom stereocenters. The van der Waals surface area contributed by atoms with Crippen molar-refractivity contribution in [1.82, 2.24) is 0 Å². The van der Waals surface area contributed by atoms with Crippen LogP contribution in [0.4, 0.5) is 0 Å². The number of hydrogen-bond donors (Lipinski definition) is 0. The van der Waals surface area contributed by atoms with E-state index in [-0.39, 0.29) is 11.7 Å². The Hall–Kier alpha value is -1.13. The van der Waals surface area contributed by atoms with E-state index in [0.29, 0.717) is 0 Å². The summed E-state index contributed by atoms with van der Waals surface area (Å²) >= 11 is 5.06. The van der Waals surface area contributed by atoms with Gasteiger partial charge in [0.05, 0.1) is 12.0 Å². The monoisotopic (exact) mass is 338 g/mol. The van der Waals surface area contributed by atoms with Gasteiger partial charge < -0.3 is 4.74 Å². The van der Waals surface area contributed by atoms with Crippen molar-refractivity contribution in [2.45, 2.75) is 13.8 Å². The number of methoxy groups -OCH3 is 1. The van der Waals surface area contributed by atoms with E-state index in [0.717, 1.165) is 25.5 Å². The third-order valence-corrected chi connectivity index (χ3v) is 4.64. The van der Waals surface area contributed by atoms with Crippen molar-refractivity contribution in [3.8, 4) is 16.2 Å². The summed E-state index contributed by atoms with van der Waals surface area (Å²) in [7, 11) is 1.65. The minimum atomic E-state index is 0.0280. The molecule has 0 aliphatic heterocycles. The Morgan fingerprint density at radius 1 is 1.26 bits per heavy atom. The zero-order chi connectivity index (χ0) is 14.0. The molecule has 0 saturated heterocycles. The molecule has 0 saturated carbocycles. The van der Waals surface area contributed by atoms with Crippen molar-refractivity contribution in [2.24, 2.45) is 5.92 Å². The molecule has 19 heavy (non-hydrogen) atoms. The third kappa shape index (κ3) is 3.07. The molecule has 4 heteroatoms. The topological polar surface area (TPSA) is 26.3 Å². The average Bonchev–Trinajstić information content (AvgIpc) is 2.87. The maximum atomic E-state index is 12.0. The summed E-state index contributed by atoms with van der Waals surface area (Å²) in [6.45, 7) is 3.84. The van der Waals surface area contributed by atoms with Gasteiger partial charge in [0.15, 0.2) is 5.78 Å². The lowest BCUT2D eigenvalue weighted by atomic mass is 10.1. The van der Waals surface area contributed by atoms with Crippen LogP contribution in [0.2, 0.25) is 0 Å². The van der Waals surface area contributed by atoms with E-state index >= 15 is 0 Å². The predicted molar refractivity (Wildman–Crippen MR) is 83.2 cm³/mol. The molecular formula is C15H15BrO2S. The highest BCUT2D eigenvalue weighted by molar-refractivity contribution is 9.10. The molecule has 2 aromatic rings. The first-order valence-electron chi connectivity index (χ1n) is 6.01. The molecular weight excluding hydrogens is 324 g/mol. The smallest absolute Gasteiger partial charge is 0.175 e. The fourth-order valence-electron chi connectivity index (χ4n) is 1.72. The van der Waals surface area contributed by atoms with Crippen molar-refractivity contribution in [1.29, 1.82) is 0 Å². The largest absolute Gasteiger partial charge is 0.497 e. The van der Waals surface area contributed by atoms with Crippen molar-refractivity contribution >= 4 is 33.0 Å². The number of hydrogen-bond acceptors (Lipinski definition) is 3. The second-order valence-electron chi connectivity index (χ2n) is 4.53. The summed E-state index contributed by atoms with van der Waals surface area (Å²) in [5.74, 6) is 1.03. The van der Waals surface area contributed by atoms with E-state index in [4.69, 9.17) is 4.74 Å². The molecule has 0 fully saturated rings. The van der Waals surface area contributed by atoms with Gasteiger partial charge in [-0.3, -0.25) is 4.79 Å². The van der Waals surface area contributed by atoms with Crippen LogP contribution in [0.15, 0.2) is 34.8 Å². The molecule has 1 aromatic carbocycles. The molecule has 0 bridgehead atoms. The normalized spacial score (nSPS) is 10.8. The van der Waals surface area contributed by atoms with Gasteiger partial charge in [0.1, 0.15) is 5.75 Å². The van der Waals surface area contributed by atoms with Crippen LogP contribution in [0.3, 0.4) is 0 Å². The Morgan fingerprint density at radius 2 is 2.00 bits per heavy atom. The zero-order valence-corrected chi connectivity index (χ0v) is 13.5. The van der Waals surface area contributed by atoms with Gasteiger partial charge in [-0.15, -0.1) is 11.3 Å². The molecule has 1 heterocycles. The van der Waals surface area contributed by atoms with Gasteiger partial charge in [-0.2, -0.15) is 0 Å². The number of rotatable bonds is 4. The van der Waals surface area contributed by atoms with Crippen LogP contribution in [-0.4, -0.2) is 12.9 Å².